The van der Waals surface area contributed by atoms with Crippen LogP contribution in [0.5, 0.6) is 5.75 Å². The van der Waals surface area contributed by atoms with E-state index in [1.165, 1.54) is 11.3 Å². The second-order valence-corrected chi connectivity index (χ2v) is 9.87. The number of benzene rings is 1. The molecule has 3 heterocycles. The fourth-order valence-electron chi connectivity index (χ4n) is 5.16. The number of carbonyl (C=O) groups is 2. The molecule has 5 rings (SSSR count). The summed E-state index contributed by atoms with van der Waals surface area (Å²) < 4.78 is 5.72. The Morgan fingerprint density at radius 3 is 2.66 bits per heavy atom. The molecule has 168 valence electrons. The minimum atomic E-state index is -0.590. The van der Waals surface area contributed by atoms with Gasteiger partial charge in [-0.2, -0.15) is 0 Å². The van der Waals surface area contributed by atoms with E-state index in [4.69, 9.17) is 4.74 Å². The van der Waals surface area contributed by atoms with Crippen molar-refractivity contribution >= 4 is 34.5 Å². The third-order valence-electron chi connectivity index (χ3n) is 6.93. The van der Waals surface area contributed by atoms with Crippen molar-refractivity contribution < 1.29 is 19.4 Å². The lowest BCUT2D eigenvalue weighted by Crippen LogP contribution is -2.40. The molecule has 3 aliphatic rings. The van der Waals surface area contributed by atoms with Crippen LogP contribution in [0.4, 0.5) is 5.69 Å². The number of likely N-dealkylation sites (tertiary alicyclic amines) is 1. The van der Waals surface area contributed by atoms with Gasteiger partial charge in [0.15, 0.2) is 0 Å². The average molecular weight is 453 g/mol. The second kappa shape index (κ2) is 8.28. The molecule has 0 radical (unpaired) electrons. The predicted octanol–water partition coefficient (Wildman–Crippen LogP) is 4.64. The Bertz CT molecular complexity index is 1100. The topological polar surface area (TPSA) is 70.1 Å². The number of aliphatic hydroxyl groups excluding tert-OH is 1. The number of thiophene rings is 1. The molecule has 1 aliphatic carbocycles. The maximum Gasteiger partial charge on any atom is 0.295 e. The number of anilines is 1. The number of carbonyl (C=O) groups excluding carboxylic acids is 2. The van der Waals surface area contributed by atoms with Crippen molar-refractivity contribution in [3.8, 4) is 5.75 Å². The Kier molecular flexibility index (Phi) is 5.45. The van der Waals surface area contributed by atoms with Crippen molar-refractivity contribution in [2.45, 2.75) is 51.1 Å². The van der Waals surface area contributed by atoms with E-state index in [2.05, 4.69) is 4.90 Å². The Morgan fingerprint density at radius 1 is 1.16 bits per heavy atom. The van der Waals surface area contributed by atoms with Crippen molar-refractivity contribution in [1.82, 2.24) is 4.90 Å². The molecule has 0 bridgehead atoms. The van der Waals surface area contributed by atoms with Crippen LogP contribution in [0.25, 0.3) is 5.76 Å². The van der Waals surface area contributed by atoms with Gasteiger partial charge in [0.25, 0.3) is 11.7 Å². The number of aliphatic hydroxyl groups is 1. The smallest absolute Gasteiger partial charge is 0.295 e. The Morgan fingerprint density at radius 2 is 1.94 bits per heavy atom. The van der Waals surface area contributed by atoms with Gasteiger partial charge in [0.05, 0.1) is 17.8 Å². The Labute approximate surface area is 192 Å². The van der Waals surface area contributed by atoms with Gasteiger partial charge in [0.2, 0.25) is 0 Å². The number of amides is 1. The molecule has 1 unspecified atom stereocenters. The highest BCUT2D eigenvalue weighted by Gasteiger charge is 2.49. The van der Waals surface area contributed by atoms with Crippen molar-refractivity contribution in [3.63, 3.8) is 0 Å². The summed E-state index contributed by atoms with van der Waals surface area (Å²) in [6.07, 6.45) is 5.07. The molecule has 1 aromatic heterocycles. The summed E-state index contributed by atoms with van der Waals surface area (Å²) in [7, 11) is 1.97. The van der Waals surface area contributed by atoms with Gasteiger partial charge in [-0.3, -0.25) is 9.59 Å². The summed E-state index contributed by atoms with van der Waals surface area (Å²) >= 11 is 1.54. The molecule has 2 fully saturated rings. The molecule has 2 aromatic rings. The van der Waals surface area contributed by atoms with Gasteiger partial charge in [-0.05, 0) is 55.0 Å². The zero-order chi connectivity index (χ0) is 22.4. The number of Topliss-reactive ketones (excluding diaryl/α,β-unsaturated/α-hetero) is 1. The maximum absolute atomic E-state index is 13.3. The molecule has 1 amide bonds. The van der Waals surface area contributed by atoms with E-state index >= 15 is 0 Å². The molecule has 1 aromatic carbocycles. The number of hydrogen-bond acceptors (Lipinski definition) is 6. The Hall–Kier alpha value is -2.80. The minimum absolute atomic E-state index is 0.0278. The SMILES string of the molecule is Cc1ccsc1C1/C(=C(/O)c2ccc3c(c2)N(C)CCO3)C(=O)C(=O)N1C1CCCCC1. The zero-order valence-electron chi connectivity index (χ0n) is 18.5. The van der Waals surface area contributed by atoms with Gasteiger partial charge in [-0.15, -0.1) is 11.3 Å². The van der Waals surface area contributed by atoms with Crippen LogP contribution < -0.4 is 9.64 Å². The molecule has 32 heavy (non-hydrogen) atoms. The molecule has 6 nitrogen and oxygen atoms in total. The number of rotatable bonds is 3. The summed E-state index contributed by atoms with van der Waals surface area (Å²) in [5, 5.41) is 13.4. The maximum atomic E-state index is 13.3. The fraction of sp³-hybridized carbons (Fsp3) is 0.440. The largest absolute Gasteiger partial charge is 0.507 e. The first-order chi connectivity index (χ1) is 15.5. The molecule has 1 atom stereocenters. The molecule has 0 spiro atoms. The zero-order valence-corrected chi connectivity index (χ0v) is 19.3. The first kappa shape index (κ1) is 21.1. The van der Waals surface area contributed by atoms with Crippen LogP contribution >= 0.6 is 11.3 Å². The van der Waals surface area contributed by atoms with Crippen LogP contribution in [-0.2, 0) is 9.59 Å². The van der Waals surface area contributed by atoms with Crippen molar-refractivity contribution in [2.75, 3.05) is 25.1 Å². The third-order valence-corrected chi connectivity index (χ3v) is 8.00. The van der Waals surface area contributed by atoms with Crippen molar-refractivity contribution in [1.29, 1.82) is 0 Å². The first-order valence-electron chi connectivity index (χ1n) is 11.3. The lowest BCUT2D eigenvalue weighted by Gasteiger charge is -2.35. The van der Waals surface area contributed by atoms with Gasteiger partial charge in [0.1, 0.15) is 24.2 Å². The van der Waals surface area contributed by atoms with E-state index in [1.807, 2.05) is 37.6 Å². The number of ketones is 1. The molecule has 1 saturated heterocycles. The Balaban J connectivity index is 1.64. The van der Waals surface area contributed by atoms with Gasteiger partial charge >= 0.3 is 0 Å². The van der Waals surface area contributed by atoms with Gasteiger partial charge < -0.3 is 19.6 Å². The lowest BCUT2D eigenvalue weighted by atomic mass is 9.92. The van der Waals surface area contributed by atoms with Gasteiger partial charge in [-0.1, -0.05) is 19.3 Å². The summed E-state index contributed by atoms with van der Waals surface area (Å²) in [4.78, 5) is 31.3. The first-order valence-corrected chi connectivity index (χ1v) is 12.2. The van der Waals surface area contributed by atoms with E-state index in [0.717, 1.165) is 60.5 Å². The average Bonchev–Trinajstić information content (AvgIpc) is 3.34. The molecular weight excluding hydrogens is 424 g/mol. The normalized spacial score (nSPS) is 23.4. The summed E-state index contributed by atoms with van der Waals surface area (Å²) in [6, 6.07) is 6.92. The van der Waals surface area contributed by atoms with Crippen molar-refractivity contribution in [3.05, 3.63) is 51.2 Å². The van der Waals surface area contributed by atoms with Gasteiger partial charge in [0, 0.05) is 23.5 Å². The van der Waals surface area contributed by atoms with Crippen LogP contribution in [0.1, 0.15) is 54.1 Å². The number of ether oxygens (including phenoxy) is 1. The highest BCUT2D eigenvalue weighted by molar-refractivity contribution is 7.10. The quantitative estimate of drug-likeness (QED) is 0.417. The number of nitrogens with zero attached hydrogens (tertiary/aromatic N) is 2. The molecule has 7 heteroatoms. The standard InChI is InChI=1S/C25H28N2O4S/c1-15-10-13-32-24(15)21-20(23(29)25(30)27(21)17-6-4-3-5-7-17)22(28)16-8-9-19-18(14-16)26(2)11-12-31-19/h8-10,13-14,17,21,28H,3-7,11-12H2,1-2H3/b22-20-. The van der Waals surface area contributed by atoms with E-state index in [0.29, 0.717) is 12.2 Å². The third kappa shape index (κ3) is 3.39. The number of fused-ring (bicyclic) bond motifs is 1. The lowest BCUT2D eigenvalue weighted by molar-refractivity contribution is -0.141. The van der Waals surface area contributed by atoms with Crippen LogP contribution in [0.3, 0.4) is 0 Å². The highest BCUT2D eigenvalue weighted by atomic mass is 32.1. The van der Waals surface area contributed by atoms with Crippen molar-refractivity contribution in [2.24, 2.45) is 0 Å². The summed E-state index contributed by atoms with van der Waals surface area (Å²) in [6.45, 7) is 3.36. The van der Waals surface area contributed by atoms with E-state index < -0.39 is 17.7 Å². The molecule has 1 saturated carbocycles. The summed E-state index contributed by atoms with van der Waals surface area (Å²) in [5.41, 5.74) is 2.63. The molecular formula is C25H28N2O4S. The molecule has 2 aliphatic heterocycles. The number of likely N-dealkylation sites (N-methyl/N-ethyl adjacent to an activating group) is 1. The summed E-state index contributed by atoms with van der Waals surface area (Å²) in [5.74, 6) is -0.437. The number of aryl methyl sites for hydroxylation is 1. The molecule has 1 N–H and O–H groups in total. The number of hydrogen-bond donors (Lipinski definition) is 1. The monoisotopic (exact) mass is 452 g/mol. The fourth-order valence-corrected chi connectivity index (χ4v) is 6.19. The van der Waals surface area contributed by atoms with E-state index in [-0.39, 0.29) is 17.4 Å². The highest BCUT2D eigenvalue weighted by Crippen LogP contribution is 2.46. The van der Waals surface area contributed by atoms with Gasteiger partial charge in [-0.25, -0.2) is 0 Å². The van der Waals surface area contributed by atoms with Crippen LogP contribution in [0.15, 0.2) is 35.2 Å². The van der Waals surface area contributed by atoms with Crippen LogP contribution in [0, 0.1) is 6.92 Å². The van der Waals surface area contributed by atoms with E-state index in [9.17, 15) is 14.7 Å². The van der Waals surface area contributed by atoms with Crippen LogP contribution in [-0.4, -0.2) is 47.9 Å². The predicted molar refractivity (Wildman–Crippen MR) is 125 cm³/mol. The van der Waals surface area contributed by atoms with Crippen LogP contribution in [0.2, 0.25) is 0 Å². The minimum Gasteiger partial charge on any atom is -0.507 e. The van der Waals surface area contributed by atoms with E-state index in [1.54, 1.807) is 11.0 Å². The second-order valence-electron chi connectivity index (χ2n) is 8.92.